The van der Waals surface area contributed by atoms with Crippen molar-refractivity contribution in [2.24, 2.45) is 5.92 Å². The van der Waals surface area contributed by atoms with Gasteiger partial charge in [0.05, 0.1) is 12.8 Å². The number of thiophene rings is 1. The molecule has 0 aromatic carbocycles. The summed E-state index contributed by atoms with van der Waals surface area (Å²) in [7, 11) is -3.31. The molecule has 0 amide bonds. The molecule has 0 unspecified atom stereocenters. The van der Waals surface area contributed by atoms with Crippen molar-refractivity contribution in [3.05, 3.63) is 41.5 Å². The zero-order valence-corrected chi connectivity index (χ0v) is 13.2. The summed E-state index contributed by atoms with van der Waals surface area (Å²) in [5.41, 5.74) is 0. The second-order valence-corrected chi connectivity index (χ2v) is 8.51. The predicted molar refractivity (Wildman–Crippen MR) is 81.0 cm³/mol. The third-order valence-electron chi connectivity index (χ3n) is 3.35. The molecule has 0 N–H and O–H groups in total. The van der Waals surface area contributed by atoms with E-state index in [0.717, 1.165) is 4.88 Å². The Kier molecular flexibility index (Phi) is 3.97. The Labute approximate surface area is 128 Å². The number of aryl methyl sites for hydroxylation is 1. The quantitative estimate of drug-likeness (QED) is 0.845. The van der Waals surface area contributed by atoms with Crippen LogP contribution >= 0.6 is 11.3 Å². The van der Waals surface area contributed by atoms with Gasteiger partial charge in [-0.15, -0.1) is 11.3 Å². The van der Waals surface area contributed by atoms with Gasteiger partial charge < -0.3 is 4.74 Å². The number of hydrogen-bond donors (Lipinski definition) is 0. The first-order valence-electron chi connectivity index (χ1n) is 6.65. The molecule has 0 bridgehead atoms. The topological polar surface area (TPSA) is 59.5 Å². The molecule has 1 aliphatic heterocycles. The number of pyridine rings is 1. The summed E-state index contributed by atoms with van der Waals surface area (Å²) in [4.78, 5) is 4.98. The van der Waals surface area contributed by atoms with E-state index in [2.05, 4.69) is 4.98 Å². The highest BCUT2D eigenvalue weighted by Crippen LogP contribution is 2.29. The van der Waals surface area contributed by atoms with E-state index < -0.39 is 10.0 Å². The smallest absolute Gasteiger partial charge is 0.252 e. The van der Waals surface area contributed by atoms with Gasteiger partial charge >= 0.3 is 0 Å². The lowest BCUT2D eigenvalue weighted by atomic mass is 10.1. The highest BCUT2D eigenvalue weighted by Gasteiger charge is 2.37. The summed E-state index contributed by atoms with van der Waals surface area (Å²) in [6.45, 7) is 3.45. The van der Waals surface area contributed by atoms with Crippen molar-refractivity contribution in [2.75, 3.05) is 19.7 Å². The minimum absolute atomic E-state index is 0.237. The normalized spacial score (nSPS) is 16.6. The molecular formula is C14H16N2O3S2. The summed E-state index contributed by atoms with van der Waals surface area (Å²) < 4.78 is 32.2. The zero-order chi connectivity index (χ0) is 14.9. The maximum absolute atomic E-state index is 12.3. The summed E-state index contributed by atoms with van der Waals surface area (Å²) in [5, 5.41) is 0. The fourth-order valence-corrected chi connectivity index (χ4v) is 5.18. The fraction of sp³-hybridized carbons (Fsp3) is 0.357. The number of aromatic nitrogens is 1. The molecule has 0 spiro atoms. The Balaban J connectivity index is 1.54. The zero-order valence-electron chi connectivity index (χ0n) is 11.6. The third-order valence-corrected chi connectivity index (χ3v) is 6.65. The molecule has 21 heavy (non-hydrogen) atoms. The number of sulfonamides is 1. The maximum atomic E-state index is 12.3. The van der Waals surface area contributed by atoms with Crippen LogP contribution in [0.5, 0.6) is 5.75 Å². The second kappa shape index (κ2) is 5.75. The SMILES string of the molecule is Cc1ccc(S(=O)(=O)N2CC(COc3cccnc3)C2)s1. The second-order valence-electron chi connectivity index (χ2n) is 5.05. The van der Waals surface area contributed by atoms with Gasteiger partial charge in [-0.1, -0.05) is 0 Å². The first-order valence-corrected chi connectivity index (χ1v) is 8.91. The summed E-state index contributed by atoms with van der Waals surface area (Å²) in [6, 6.07) is 7.16. The van der Waals surface area contributed by atoms with Crippen molar-refractivity contribution in [3.8, 4) is 5.75 Å². The van der Waals surface area contributed by atoms with Crippen LogP contribution in [0.3, 0.4) is 0 Å². The molecule has 1 aliphatic rings. The van der Waals surface area contributed by atoms with E-state index in [9.17, 15) is 8.42 Å². The largest absolute Gasteiger partial charge is 0.492 e. The molecule has 1 saturated heterocycles. The molecule has 7 heteroatoms. The predicted octanol–water partition coefficient (Wildman–Crippen LogP) is 2.15. The lowest BCUT2D eigenvalue weighted by Gasteiger charge is -2.37. The Morgan fingerprint density at radius 3 is 2.81 bits per heavy atom. The van der Waals surface area contributed by atoms with Crippen LogP contribution in [0.4, 0.5) is 0 Å². The standard InChI is InChI=1S/C14H16N2O3S2/c1-11-4-5-14(20-11)21(17,18)16-8-12(9-16)10-19-13-3-2-6-15-7-13/h2-7,12H,8-10H2,1H3. The van der Waals surface area contributed by atoms with Crippen LogP contribution in [0, 0.1) is 12.8 Å². The molecule has 0 saturated carbocycles. The third kappa shape index (κ3) is 3.09. The average molecular weight is 324 g/mol. The molecule has 5 nitrogen and oxygen atoms in total. The van der Waals surface area contributed by atoms with Crippen LogP contribution in [0.25, 0.3) is 0 Å². The van der Waals surface area contributed by atoms with Gasteiger partial charge in [0.1, 0.15) is 9.96 Å². The highest BCUT2D eigenvalue weighted by atomic mass is 32.2. The number of rotatable bonds is 5. The lowest BCUT2D eigenvalue weighted by Crippen LogP contribution is -2.51. The van der Waals surface area contributed by atoms with E-state index in [1.807, 2.05) is 25.1 Å². The molecular weight excluding hydrogens is 308 g/mol. The van der Waals surface area contributed by atoms with Gasteiger partial charge in [-0.05, 0) is 31.2 Å². The Hall–Kier alpha value is -1.44. The molecule has 0 atom stereocenters. The van der Waals surface area contributed by atoms with Gasteiger partial charge in [-0.2, -0.15) is 4.31 Å². The number of ether oxygens (including phenoxy) is 1. The fourth-order valence-electron chi connectivity index (χ4n) is 2.15. The number of hydrogen-bond acceptors (Lipinski definition) is 5. The van der Waals surface area contributed by atoms with Gasteiger partial charge in [0.2, 0.25) is 0 Å². The Bertz CT molecular complexity index is 707. The van der Waals surface area contributed by atoms with Crippen molar-refractivity contribution in [3.63, 3.8) is 0 Å². The average Bonchev–Trinajstić information content (AvgIpc) is 2.85. The van der Waals surface area contributed by atoms with Crippen LogP contribution in [0.15, 0.2) is 40.9 Å². The molecule has 0 aliphatic carbocycles. The van der Waals surface area contributed by atoms with Gasteiger partial charge in [-0.3, -0.25) is 4.98 Å². The summed E-state index contributed by atoms with van der Waals surface area (Å²) in [5.74, 6) is 0.953. The van der Waals surface area contributed by atoms with Crippen LogP contribution in [0.2, 0.25) is 0 Å². The maximum Gasteiger partial charge on any atom is 0.252 e. The van der Waals surface area contributed by atoms with Crippen molar-refractivity contribution < 1.29 is 13.2 Å². The van der Waals surface area contributed by atoms with E-state index in [1.165, 1.54) is 15.6 Å². The molecule has 3 heterocycles. The highest BCUT2D eigenvalue weighted by molar-refractivity contribution is 7.91. The van der Waals surface area contributed by atoms with Gasteiger partial charge in [-0.25, -0.2) is 8.42 Å². The van der Waals surface area contributed by atoms with Crippen molar-refractivity contribution in [1.82, 2.24) is 9.29 Å². The number of nitrogens with zero attached hydrogens (tertiary/aromatic N) is 2. The first kappa shape index (κ1) is 14.5. The monoisotopic (exact) mass is 324 g/mol. The summed E-state index contributed by atoms with van der Waals surface area (Å²) in [6.07, 6.45) is 3.34. The molecule has 1 fully saturated rings. The van der Waals surface area contributed by atoms with E-state index in [0.29, 0.717) is 29.7 Å². The molecule has 2 aromatic heterocycles. The van der Waals surface area contributed by atoms with Crippen LogP contribution in [-0.4, -0.2) is 37.4 Å². The van der Waals surface area contributed by atoms with E-state index >= 15 is 0 Å². The Morgan fingerprint density at radius 2 is 2.19 bits per heavy atom. The van der Waals surface area contributed by atoms with Gasteiger partial charge in [0.15, 0.2) is 0 Å². The minimum Gasteiger partial charge on any atom is -0.492 e. The van der Waals surface area contributed by atoms with Gasteiger partial charge in [0.25, 0.3) is 10.0 Å². The first-order chi connectivity index (χ1) is 10.1. The van der Waals surface area contributed by atoms with Crippen molar-refractivity contribution in [1.29, 1.82) is 0 Å². The van der Waals surface area contributed by atoms with E-state index in [1.54, 1.807) is 18.5 Å². The lowest BCUT2D eigenvalue weighted by molar-refractivity contribution is 0.129. The Morgan fingerprint density at radius 1 is 1.38 bits per heavy atom. The summed E-state index contributed by atoms with van der Waals surface area (Å²) >= 11 is 1.31. The van der Waals surface area contributed by atoms with Crippen LogP contribution in [-0.2, 0) is 10.0 Å². The molecule has 0 radical (unpaired) electrons. The molecule has 3 rings (SSSR count). The minimum atomic E-state index is -3.31. The van der Waals surface area contributed by atoms with Crippen molar-refractivity contribution >= 4 is 21.4 Å². The van der Waals surface area contributed by atoms with E-state index in [4.69, 9.17) is 4.74 Å². The van der Waals surface area contributed by atoms with Gasteiger partial charge in [0, 0.05) is 30.1 Å². The van der Waals surface area contributed by atoms with Crippen molar-refractivity contribution in [2.45, 2.75) is 11.1 Å². The molecule has 112 valence electrons. The molecule has 2 aromatic rings. The van der Waals surface area contributed by atoms with Crippen LogP contribution in [0.1, 0.15) is 4.88 Å². The van der Waals surface area contributed by atoms with E-state index in [-0.39, 0.29) is 5.92 Å². The van der Waals surface area contributed by atoms with Crippen LogP contribution < -0.4 is 4.74 Å².